The Labute approximate surface area is 156 Å². The third kappa shape index (κ3) is 3.42. The number of carbonyl (C=O) groups is 2. The molecule has 0 fully saturated rings. The fourth-order valence-corrected chi connectivity index (χ4v) is 2.94. The summed E-state index contributed by atoms with van der Waals surface area (Å²) in [6.07, 6.45) is 1.48. The van der Waals surface area contributed by atoms with E-state index in [0.717, 1.165) is 0 Å². The van der Waals surface area contributed by atoms with E-state index in [2.05, 4.69) is 4.98 Å². The molecular weight excluding hydrogens is 348 g/mol. The van der Waals surface area contributed by atoms with Crippen LogP contribution in [-0.4, -0.2) is 30.1 Å². The molecule has 0 saturated carbocycles. The lowest BCUT2D eigenvalue weighted by molar-refractivity contribution is 0.0525. The summed E-state index contributed by atoms with van der Waals surface area (Å²) in [4.78, 5) is 27.9. The maximum atomic E-state index is 12.9. The number of allylic oxidation sites excluding steroid dienone is 1. The van der Waals surface area contributed by atoms with Crippen molar-refractivity contribution in [3.05, 3.63) is 51.9 Å². The summed E-state index contributed by atoms with van der Waals surface area (Å²) in [5.41, 5.74) is 2.08. The van der Waals surface area contributed by atoms with E-state index in [9.17, 15) is 14.9 Å². The van der Waals surface area contributed by atoms with Crippen molar-refractivity contribution in [2.45, 2.75) is 20.8 Å². The molecule has 3 rings (SSSR count). The van der Waals surface area contributed by atoms with E-state index in [1.165, 1.54) is 6.08 Å². The minimum atomic E-state index is -0.499. The van der Waals surface area contributed by atoms with Crippen LogP contribution < -0.4 is 9.47 Å². The number of nitrogens with zero attached hydrogens (tertiary/aromatic N) is 1. The summed E-state index contributed by atoms with van der Waals surface area (Å²) in [7, 11) is 0. The highest BCUT2D eigenvalue weighted by atomic mass is 16.7. The van der Waals surface area contributed by atoms with Crippen molar-refractivity contribution in [3.63, 3.8) is 0 Å². The van der Waals surface area contributed by atoms with Crippen molar-refractivity contribution < 1.29 is 23.8 Å². The first-order valence-electron chi connectivity index (χ1n) is 8.38. The molecule has 1 aliphatic heterocycles. The number of fused-ring (bicyclic) bond motifs is 1. The van der Waals surface area contributed by atoms with Crippen LogP contribution in [0.3, 0.4) is 0 Å². The van der Waals surface area contributed by atoms with E-state index in [0.29, 0.717) is 33.9 Å². The summed E-state index contributed by atoms with van der Waals surface area (Å²) in [6.45, 7) is 5.43. The number of aromatic nitrogens is 1. The van der Waals surface area contributed by atoms with Gasteiger partial charge in [0.05, 0.1) is 17.9 Å². The monoisotopic (exact) mass is 366 g/mol. The molecule has 2 heterocycles. The smallest absolute Gasteiger partial charge is 0.340 e. The number of aryl methyl sites for hydroxylation is 1. The van der Waals surface area contributed by atoms with Crippen LogP contribution in [0.5, 0.6) is 11.5 Å². The Morgan fingerprint density at radius 1 is 1.30 bits per heavy atom. The first-order chi connectivity index (χ1) is 13.0. The number of rotatable bonds is 5. The third-order valence-corrected chi connectivity index (χ3v) is 4.22. The van der Waals surface area contributed by atoms with E-state index in [1.807, 2.05) is 6.07 Å². The Balaban J connectivity index is 1.95. The van der Waals surface area contributed by atoms with E-state index in [1.54, 1.807) is 39.0 Å². The Morgan fingerprint density at radius 2 is 2.04 bits per heavy atom. The number of nitrogens with one attached hydrogen (secondary N) is 1. The maximum Gasteiger partial charge on any atom is 0.340 e. The molecule has 2 aromatic rings. The first kappa shape index (κ1) is 18.3. The van der Waals surface area contributed by atoms with Gasteiger partial charge in [-0.15, -0.1) is 0 Å². The standard InChI is InChI=1S/C20H18N2O5/c1-4-25-20(24)17-11(2)18(22-12(17)3)19(23)14(9-21)7-13-5-6-15-16(8-13)27-10-26-15/h5-8,22H,4,10H2,1-3H3/b14-7+. The molecule has 0 bridgehead atoms. The molecule has 0 atom stereocenters. The Bertz CT molecular complexity index is 995. The Morgan fingerprint density at radius 3 is 2.74 bits per heavy atom. The van der Waals surface area contributed by atoms with Crippen LogP contribution in [0.4, 0.5) is 0 Å². The van der Waals surface area contributed by atoms with Crippen LogP contribution in [0, 0.1) is 25.2 Å². The summed E-state index contributed by atoms with van der Waals surface area (Å²) in [5.74, 6) is 0.184. The van der Waals surface area contributed by atoms with Crippen LogP contribution in [0.1, 0.15) is 44.6 Å². The van der Waals surface area contributed by atoms with Crippen LogP contribution in [0.15, 0.2) is 23.8 Å². The molecule has 138 valence electrons. The molecule has 27 heavy (non-hydrogen) atoms. The number of hydrogen-bond donors (Lipinski definition) is 1. The summed E-state index contributed by atoms with van der Waals surface area (Å²) >= 11 is 0. The van der Waals surface area contributed by atoms with Crippen molar-refractivity contribution in [2.75, 3.05) is 13.4 Å². The molecule has 1 aliphatic rings. The number of carbonyl (C=O) groups excluding carboxylic acids is 2. The number of benzene rings is 1. The lowest BCUT2D eigenvalue weighted by atomic mass is 10.0. The number of nitriles is 1. The highest BCUT2D eigenvalue weighted by Crippen LogP contribution is 2.33. The third-order valence-electron chi connectivity index (χ3n) is 4.22. The second-order valence-corrected chi connectivity index (χ2v) is 5.96. The molecule has 0 saturated heterocycles. The molecule has 7 nitrogen and oxygen atoms in total. The van der Waals surface area contributed by atoms with E-state index < -0.39 is 11.8 Å². The van der Waals surface area contributed by atoms with Gasteiger partial charge in [-0.3, -0.25) is 4.79 Å². The van der Waals surface area contributed by atoms with Crippen LogP contribution in [0.25, 0.3) is 6.08 Å². The number of ketones is 1. The van der Waals surface area contributed by atoms with Crippen molar-refractivity contribution in [1.82, 2.24) is 4.98 Å². The van der Waals surface area contributed by atoms with E-state index in [-0.39, 0.29) is 24.7 Å². The van der Waals surface area contributed by atoms with Gasteiger partial charge in [-0.05, 0) is 50.1 Å². The predicted octanol–water partition coefficient (Wildman–Crippen LogP) is 3.33. The molecule has 0 radical (unpaired) electrons. The topological polar surface area (TPSA) is 101 Å². The molecular formula is C20H18N2O5. The molecule has 0 unspecified atom stereocenters. The number of esters is 1. The van der Waals surface area contributed by atoms with Crippen molar-refractivity contribution in [3.8, 4) is 17.6 Å². The number of ether oxygens (including phenoxy) is 3. The largest absolute Gasteiger partial charge is 0.462 e. The normalized spacial score (nSPS) is 12.6. The van der Waals surface area contributed by atoms with Crippen LogP contribution in [0.2, 0.25) is 0 Å². The molecule has 1 aromatic heterocycles. The van der Waals surface area contributed by atoms with E-state index in [4.69, 9.17) is 14.2 Å². The van der Waals surface area contributed by atoms with Gasteiger partial charge in [0.25, 0.3) is 0 Å². The second kappa shape index (κ2) is 7.38. The van der Waals surface area contributed by atoms with Gasteiger partial charge in [-0.2, -0.15) is 5.26 Å². The van der Waals surface area contributed by atoms with Crippen molar-refractivity contribution in [1.29, 1.82) is 5.26 Å². The van der Waals surface area contributed by atoms with Gasteiger partial charge in [-0.25, -0.2) is 4.79 Å². The van der Waals surface area contributed by atoms with Crippen LogP contribution >= 0.6 is 0 Å². The minimum Gasteiger partial charge on any atom is -0.462 e. The van der Waals surface area contributed by atoms with Crippen LogP contribution in [-0.2, 0) is 4.74 Å². The molecule has 1 aromatic carbocycles. The predicted molar refractivity (Wildman–Crippen MR) is 96.7 cm³/mol. The Hall–Kier alpha value is -3.53. The highest BCUT2D eigenvalue weighted by Gasteiger charge is 2.25. The fraction of sp³-hybridized carbons (Fsp3) is 0.250. The number of Topliss-reactive ketones (excluding diaryl/α,β-unsaturated/α-hetero) is 1. The molecule has 0 spiro atoms. The average molecular weight is 366 g/mol. The van der Waals surface area contributed by atoms with Gasteiger partial charge >= 0.3 is 5.97 Å². The summed E-state index contributed by atoms with van der Waals surface area (Å²) < 4.78 is 15.6. The van der Waals surface area contributed by atoms with E-state index >= 15 is 0 Å². The molecule has 7 heteroatoms. The van der Waals surface area contributed by atoms with Gasteiger partial charge in [-0.1, -0.05) is 6.07 Å². The van der Waals surface area contributed by atoms with Gasteiger partial charge < -0.3 is 19.2 Å². The molecule has 0 amide bonds. The molecule has 0 aliphatic carbocycles. The van der Waals surface area contributed by atoms with Gasteiger partial charge in [0.1, 0.15) is 11.6 Å². The quantitative estimate of drug-likeness (QED) is 0.377. The summed E-state index contributed by atoms with van der Waals surface area (Å²) in [5, 5.41) is 9.47. The fourth-order valence-electron chi connectivity index (χ4n) is 2.94. The zero-order chi connectivity index (χ0) is 19.6. The van der Waals surface area contributed by atoms with Crippen molar-refractivity contribution >= 4 is 17.8 Å². The Kier molecular flexibility index (Phi) is 4.99. The average Bonchev–Trinajstić information content (AvgIpc) is 3.22. The SMILES string of the molecule is CCOC(=O)c1c(C)[nH]c(C(=O)/C(C#N)=C/c2ccc3c(c2)OCO3)c1C. The molecule has 1 N–H and O–H groups in total. The van der Waals surface area contributed by atoms with Gasteiger partial charge in [0, 0.05) is 5.69 Å². The summed E-state index contributed by atoms with van der Waals surface area (Å²) in [6, 6.07) is 7.08. The number of hydrogen-bond acceptors (Lipinski definition) is 6. The zero-order valence-corrected chi connectivity index (χ0v) is 15.2. The van der Waals surface area contributed by atoms with Crippen molar-refractivity contribution in [2.24, 2.45) is 0 Å². The van der Waals surface area contributed by atoms with Gasteiger partial charge in [0.2, 0.25) is 12.6 Å². The van der Waals surface area contributed by atoms with Gasteiger partial charge in [0.15, 0.2) is 11.5 Å². The lowest BCUT2D eigenvalue weighted by Gasteiger charge is -2.03. The zero-order valence-electron chi connectivity index (χ0n) is 15.2. The second-order valence-electron chi connectivity index (χ2n) is 5.96. The number of aromatic amines is 1. The first-order valence-corrected chi connectivity index (χ1v) is 8.38. The minimum absolute atomic E-state index is 0.0615. The highest BCUT2D eigenvalue weighted by molar-refractivity contribution is 6.15. The number of H-pyrrole nitrogens is 1. The lowest BCUT2D eigenvalue weighted by Crippen LogP contribution is -2.08. The maximum absolute atomic E-state index is 12.9.